The van der Waals surface area contributed by atoms with Crippen LogP contribution in [0.25, 0.3) is 11.0 Å². The van der Waals surface area contributed by atoms with E-state index in [1.807, 2.05) is 24.5 Å². The Bertz CT molecular complexity index is 611. The third-order valence-corrected chi connectivity index (χ3v) is 3.87. The molecule has 1 fully saturated rings. The Morgan fingerprint density at radius 3 is 2.84 bits per heavy atom. The van der Waals surface area contributed by atoms with Crippen LogP contribution in [-0.2, 0) is 4.79 Å². The van der Waals surface area contributed by atoms with E-state index in [9.17, 15) is 4.79 Å². The number of rotatable bonds is 3. The minimum atomic E-state index is 0.147. The average molecular weight is 257 g/mol. The molecular weight excluding hydrogens is 238 g/mol. The van der Waals surface area contributed by atoms with Gasteiger partial charge in [0.25, 0.3) is 0 Å². The summed E-state index contributed by atoms with van der Waals surface area (Å²) < 4.78 is 2.13. The van der Waals surface area contributed by atoms with Crippen LogP contribution in [-0.4, -0.2) is 15.5 Å². The lowest BCUT2D eigenvalue weighted by Gasteiger charge is -2.24. The summed E-state index contributed by atoms with van der Waals surface area (Å²) in [7, 11) is 0. The van der Waals surface area contributed by atoms with E-state index in [1.165, 1.54) is 6.42 Å². The molecule has 4 nitrogen and oxygen atoms in total. The molecule has 0 aliphatic heterocycles. The van der Waals surface area contributed by atoms with Crippen molar-refractivity contribution in [2.45, 2.75) is 39.2 Å². The molecule has 1 N–H and O–H groups in total. The number of nitrogens with one attached hydrogen (secondary N) is 1. The molecule has 3 rings (SSSR count). The van der Waals surface area contributed by atoms with Gasteiger partial charge < -0.3 is 9.88 Å². The van der Waals surface area contributed by atoms with Crippen LogP contribution >= 0.6 is 0 Å². The number of carbonyl (C=O) groups excluding carboxylic acids is 1. The normalized spacial score (nSPS) is 15.7. The number of amides is 1. The van der Waals surface area contributed by atoms with Crippen molar-refractivity contribution in [3.05, 3.63) is 24.5 Å². The van der Waals surface area contributed by atoms with E-state index in [0.717, 1.165) is 29.6 Å². The molecule has 0 bridgehead atoms. The first kappa shape index (κ1) is 12.2. The summed E-state index contributed by atoms with van der Waals surface area (Å²) in [6.07, 6.45) is 5.08. The molecular formula is C15H19N3O. The summed E-state index contributed by atoms with van der Waals surface area (Å²) in [5.74, 6) is 0.359. The van der Waals surface area contributed by atoms with Crippen LogP contribution in [0.4, 0.5) is 5.69 Å². The number of carbonyl (C=O) groups is 1. The third kappa shape index (κ3) is 2.23. The van der Waals surface area contributed by atoms with Gasteiger partial charge in [0.2, 0.25) is 5.91 Å². The zero-order valence-electron chi connectivity index (χ0n) is 11.4. The van der Waals surface area contributed by atoms with Gasteiger partial charge in [0.15, 0.2) is 0 Å². The third-order valence-electron chi connectivity index (χ3n) is 3.87. The first-order valence-electron chi connectivity index (χ1n) is 6.92. The molecule has 1 heterocycles. The van der Waals surface area contributed by atoms with Crippen molar-refractivity contribution < 1.29 is 4.79 Å². The SMILES string of the molecule is CC(C)n1cnc2cc(NC(=O)C3CCC3)ccc21. The molecule has 1 aliphatic rings. The minimum absolute atomic E-state index is 0.147. The van der Waals surface area contributed by atoms with Gasteiger partial charge in [-0.2, -0.15) is 0 Å². The van der Waals surface area contributed by atoms with Crippen molar-refractivity contribution in [2.24, 2.45) is 5.92 Å². The Balaban J connectivity index is 1.83. The highest BCUT2D eigenvalue weighted by Crippen LogP contribution is 2.28. The Kier molecular flexibility index (Phi) is 3.01. The number of imidazole rings is 1. The summed E-state index contributed by atoms with van der Waals surface area (Å²) >= 11 is 0. The number of hydrogen-bond acceptors (Lipinski definition) is 2. The molecule has 1 saturated carbocycles. The smallest absolute Gasteiger partial charge is 0.227 e. The number of fused-ring (bicyclic) bond motifs is 1. The van der Waals surface area contributed by atoms with E-state index in [4.69, 9.17) is 0 Å². The van der Waals surface area contributed by atoms with Crippen LogP contribution in [0, 0.1) is 5.92 Å². The van der Waals surface area contributed by atoms with Gasteiger partial charge in [0.1, 0.15) is 0 Å². The van der Waals surface area contributed by atoms with Crippen molar-refractivity contribution in [3.63, 3.8) is 0 Å². The maximum atomic E-state index is 11.9. The first-order valence-corrected chi connectivity index (χ1v) is 6.92. The largest absolute Gasteiger partial charge is 0.328 e. The van der Waals surface area contributed by atoms with E-state index in [-0.39, 0.29) is 11.8 Å². The quantitative estimate of drug-likeness (QED) is 0.916. The number of aromatic nitrogens is 2. The molecule has 4 heteroatoms. The van der Waals surface area contributed by atoms with Gasteiger partial charge in [-0.1, -0.05) is 6.42 Å². The van der Waals surface area contributed by atoms with Crippen LogP contribution in [0.1, 0.15) is 39.2 Å². The van der Waals surface area contributed by atoms with E-state index in [2.05, 4.69) is 28.7 Å². The fraction of sp³-hybridized carbons (Fsp3) is 0.467. The van der Waals surface area contributed by atoms with E-state index in [1.54, 1.807) is 0 Å². The number of nitrogens with zero attached hydrogens (tertiary/aromatic N) is 2. The van der Waals surface area contributed by atoms with Crippen molar-refractivity contribution in [1.29, 1.82) is 0 Å². The minimum Gasteiger partial charge on any atom is -0.328 e. The lowest BCUT2D eigenvalue weighted by molar-refractivity contribution is -0.122. The van der Waals surface area contributed by atoms with Crippen LogP contribution in [0.15, 0.2) is 24.5 Å². The molecule has 19 heavy (non-hydrogen) atoms. The van der Waals surface area contributed by atoms with Crippen molar-refractivity contribution in [1.82, 2.24) is 9.55 Å². The molecule has 0 spiro atoms. The molecule has 1 aromatic carbocycles. The summed E-state index contributed by atoms with van der Waals surface area (Å²) in [5.41, 5.74) is 2.88. The molecule has 2 aromatic rings. The molecule has 1 amide bonds. The highest BCUT2D eigenvalue weighted by atomic mass is 16.1. The number of anilines is 1. The predicted octanol–water partition coefficient (Wildman–Crippen LogP) is 3.36. The maximum Gasteiger partial charge on any atom is 0.227 e. The monoisotopic (exact) mass is 257 g/mol. The standard InChI is InChI=1S/C15H19N3O/c1-10(2)18-9-16-13-8-12(6-7-14(13)18)17-15(19)11-4-3-5-11/h6-11H,3-5H2,1-2H3,(H,17,19). The molecule has 0 unspecified atom stereocenters. The Morgan fingerprint density at radius 1 is 1.42 bits per heavy atom. The van der Waals surface area contributed by atoms with Gasteiger partial charge in [-0.3, -0.25) is 4.79 Å². The van der Waals surface area contributed by atoms with Gasteiger partial charge in [0, 0.05) is 17.6 Å². The topological polar surface area (TPSA) is 46.9 Å². The van der Waals surface area contributed by atoms with E-state index in [0.29, 0.717) is 6.04 Å². The Morgan fingerprint density at radius 2 is 2.21 bits per heavy atom. The van der Waals surface area contributed by atoms with Gasteiger partial charge in [-0.25, -0.2) is 4.98 Å². The number of hydrogen-bond donors (Lipinski definition) is 1. The van der Waals surface area contributed by atoms with E-state index < -0.39 is 0 Å². The van der Waals surface area contributed by atoms with Crippen molar-refractivity contribution >= 4 is 22.6 Å². The molecule has 1 aliphatic carbocycles. The van der Waals surface area contributed by atoms with Crippen LogP contribution in [0.2, 0.25) is 0 Å². The maximum absolute atomic E-state index is 11.9. The van der Waals surface area contributed by atoms with E-state index >= 15 is 0 Å². The molecule has 0 atom stereocenters. The summed E-state index contributed by atoms with van der Waals surface area (Å²) in [6, 6.07) is 6.32. The second kappa shape index (κ2) is 4.68. The fourth-order valence-corrected chi connectivity index (χ4v) is 2.44. The molecule has 0 saturated heterocycles. The average Bonchev–Trinajstić information content (AvgIpc) is 2.69. The number of benzene rings is 1. The Labute approximate surface area is 112 Å². The highest BCUT2D eigenvalue weighted by molar-refractivity contribution is 5.94. The van der Waals surface area contributed by atoms with Gasteiger partial charge in [-0.15, -0.1) is 0 Å². The van der Waals surface area contributed by atoms with Gasteiger partial charge in [0.05, 0.1) is 17.4 Å². The highest BCUT2D eigenvalue weighted by Gasteiger charge is 2.25. The first-order chi connectivity index (χ1) is 9.15. The zero-order valence-corrected chi connectivity index (χ0v) is 11.4. The lowest BCUT2D eigenvalue weighted by atomic mass is 9.85. The molecule has 1 aromatic heterocycles. The van der Waals surface area contributed by atoms with Crippen molar-refractivity contribution in [2.75, 3.05) is 5.32 Å². The van der Waals surface area contributed by atoms with Crippen LogP contribution in [0.5, 0.6) is 0 Å². The van der Waals surface area contributed by atoms with Gasteiger partial charge >= 0.3 is 0 Å². The summed E-state index contributed by atoms with van der Waals surface area (Å²) in [4.78, 5) is 16.3. The molecule has 0 radical (unpaired) electrons. The van der Waals surface area contributed by atoms with Gasteiger partial charge in [-0.05, 0) is 44.9 Å². The second-order valence-electron chi connectivity index (χ2n) is 5.57. The zero-order chi connectivity index (χ0) is 13.4. The predicted molar refractivity (Wildman–Crippen MR) is 76.1 cm³/mol. The summed E-state index contributed by atoms with van der Waals surface area (Å²) in [6.45, 7) is 4.26. The van der Waals surface area contributed by atoms with Crippen LogP contribution in [0.3, 0.4) is 0 Å². The second-order valence-corrected chi connectivity index (χ2v) is 5.57. The fourth-order valence-electron chi connectivity index (χ4n) is 2.44. The van der Waals surface area contributed by atoms with Crippen LogP contribution < -0.4 is 5.32 Å². The lowest BCUT2D eigenvalue weighted by Crippen LogP contribution is -2.27. The summed E-state index contributed by atoms with van der Waals surface area (Å²) in [5, 5.41) is 2.99. The van der Waals surface area contributed by atoms with Crippen molar-refractivity contribution in [3.8, 4) is 0 Å². The molecule has 100 valence electrons. The Hall–Kier alpha value is -1.84.